The number of nitrogens with one attached hydrogen (secondary N) is 1. The van der Waals surface area contributed by atoms with Gasteiger partial charge in [-0.25, -0.2) is 0 Å². The minimum Gasteiger partial charge on any atom is -0.423 e. The third-order valence-electron chi connectivity index (χ3n) is 2.61. The van der Waals surface area contributed by atoms with Crippen molar-refractivity contribution in [2.45, 2.75) is 0 Å². The van der Waals surface area contributed by atoms with Gasteiger partial charge in [0.1, 0.15) is 0 Å². The largest absolute Gasteiger partial charge is 0.423 e. The Morgan fingerprint density at radius 1 is 1.56 bits per heavy atom. The first kappa shape index (κ1) is 12.3. The highest BCUT2D eigenvalue weighted by molar-refractivity contribution is 5.84. The number of benzene rings is 1. The van der Waals surface area contributed by atoms with Crippen molar-refractivity contribution in [3.63, 3.8) is 0 Å². The second kappa shape index (κ2) is 5.01. The van der Waals surface area contributed by atoms with Crippen molar-refractivity contribution in [1.82, 2.24) is 10.3 Å². The van der Waals surface area contributed by atoms with E-state index < -0.39 is 4.92 Å². The maximum atomic E-state index is 10.9. The van der Waals surface area contributed by atoms with Gasteiger partial charge in [-0.2, -0.15) is 4.98 Å². The lowest BCUT2D eigenvalue weighted by Gasteiger charge is -2.12. The predicted molar refractivity (Wildman–Crippen MR) is 67.9 cm³/mol. The first-order chi connectivity index (χ1) is 8.63. The molecule has 1 aromatic heterocycles. The first-order valence-electron chi connectivity index (χ1n) is 5.53. The van der Waals surface area contributed by atoms with Gasteiger partial charge >= 0.3 is 0 Å². The van der Waals surface area contributed by atoms with Crippen LogP contribution in [0.3, 0.4) is 0 Å². The number of likely N-dealkylation sites (N-methyl/N-ethyl adjacent to an activating group) is 2. The number of rotatable bonds is 5. The topological polar surface area (TPSA) is 84.4 Å². The molecule has 0 radical (unpaired) electrons. The quantitative estimate of drug-likeness (QED) is 0.637. The number of oxazole rings is 1. The molecule has 18 heavy (non-hydrogen) atoms. The number of anilines is 1. The van der Waals surface area contributed by atoms with Crippen LogP contribution in [0.2, 0.25) is 0 Å². The lowest BCUT2D eigenvalue weighted by Crippen LogP contribution is -2.27. The van der Waals surface area contributed by atoms with Crippen LogP contribution in [0, 0.1) is 10.1 Å². The van der Waals surface area contributed by atoms with Crippen molar-refractivity contribution in [1.29, 1.82) is 0 Å². The van der Waals surface area contributed by atoms with Gasteiger partial charge in [-0.3, -0.25) is 10.1 Å². The Kier molecular flexibility index (Phi) is 3.42. The van der Waals surface area contributed by atoms with Gasteiger partial charge in [-0.15, -0.1) is 0 Å². The highest BCUT2D eigenvalue weighted by Gasteiger charge is 2.18. The van der Waals surface area contributed by atoms with E-state index in [1.165, 1.54) is 6.07 Å². The number of non-ortho nitro benzene ring substituents is 1. The summed E-state index contributed by atoms with van der Waals surface area (Å²) in [5.41, 5.74) is 0.675. The number of hydrogen-bond donors (Lipinski definition) is 1. The van der Waals surface area contributed by atoms with Crippen LogP contribution in [0.1, 0.15) is 0 Å². The van der Waals surface area contributed by atoms with Crippen molar-refractivity contribution in [3.8, 4) is 0 Å². The minimum atomic E-state index is -0.456. The molecule has 1 N–H and O–H groups in total. The number of hydrogen-bond acceptors (Lipinski definition) is 6. The van der Waals surface area contributed by atoms with Crippen molar-refractivity contribution >= 4 is 22.8 Å². The monoisotopic (exact) mass is 250 g/mol. The van der Waals surface area contributed by atoms with Crippen molar-refractivity contribution in [2.24, 2.45) is 0 Å². The van der Waals surface area contributed by atoms with Crippen molar-refractivity contribution in [3.05, 3.63) is 28.3 Å². The van der Waals surface area contributed by atoms with E-state index in [4.69, 9.17) is 4.42 Å². The fourth-order valence-corrected chi connectivity index (χ4v) is 1.61. The van der Waals surface area contributed by atoms with Crippen molar-refractivity contribution < 1.29 is 9.34 Å². The zero-order valence-electron chi connectivity index (χ0n) is 10.2. The van der Waals surface area contributed by atoms with Crippen LogP contribution in [0.5, 0.6) is 0 Å². The smallest absolute Gasteiger partial charge is 0.298 e. The summed E-state index contributed by atoms with van der Waals surface area (Å²) < 4.78 is 5.50. The standard InChI is InChI=1S/C11H14N4O3/c1-12-6-7-14(2)11-13-10-8(15(16)17)4-3-5-9(10)18-11/h3-5,12H,6-7H2,1-2H3. The van der Waals surface area contributed by atoms with Gasteiger partial charge in [0, 0.05) is 26.2 Å². The molecule has 0 saturated heterocycles. The summed E-state index contributed by atoms with van der Waals surface area (Å²) in [6, 6.07) is 5.06. The van der Waals surface area contributed by atoms with Crippen LogP contribution >= 0.6 is 0 Å². The van der Waals surface area contributed by atoms with Gasteiger partial charge in [-0.1, -0.05) is 6.07 Å². The highest BCUT2D eigenvalue weighted by atomic mass is 16.6. The summed E-state index contributed by atoms with van der Waals surface area (Å²) in [4.78, 5) is 16.4. The van der Waals surface area contributed by atoms with Crippen LogP contribution in [-0.4, -0.2) is 37.1 Å². The molecule has 0 aliphatic carbocycles. The van der Waals surface area contributed by atoms with Crippen LogP contribution in [0.25, 0.3) is 11.1 Å². The van der Waals surface area contributed by atoms with Gasteiger partial charge in [0.25, 0.3) is 11.7 Å². The van der Waals surface area contributed by atoms with Crippen molar-refractivity contribution in [2.75, 3.05) is 32.1 Å². The molecule has 0 bridgehead atoms. The van der Waals surface area contributed by atoms with Gasteiger partial charge in [0.05, 0.1) is 4.92 Å². The molecule has 0 amide bonds. The summed E-state index contributed by atoms with van der Waals surface area (Å²) in [5, 5.41) is 13.9. The second-order valence-electron chi connectivity index (χ2n) is 3.90. The molecular formula is C11H14N4O3. The van der Waals surface area contributed by atoms with E-state index in [0.29, 0.717) is 18.1 Å². The van der Waals surface area contributed by atoms with E-state index in [2.05, 4.69) is 10.3 Å². The number of nitro benzene ring substituents is 1. The first-order valence-corrected chi connectivity index (χ1v) is 5.53. The summed E-state index contributed by atoms with van der Waals surface area (Å²) in [5.74, 6) is 0. The second-order valence-corrected chi connectivity index (χ2v) is 3.90. The maximum absolute atomic E-state index is 10.9. The van der Waals surface area contributed by atoms with Crippen LogP contribution in [0.4, 0.5) is 11.7 Å². The molecule has 0 atom stereocenters. The Hall–Kier alpha value is -2.15. The van der Waals surface area contributed by atoms with Crippen LogP contribution < -0.4 is 10.2 Å². The SMILES string of the molecule is CNCCN(C)c1nc2c([N+](=O)[O-])cccc2o1. The Bertz CT molecular complexity index is 566. The van der Waals surface area contributed by atoms with E-state index in [0.717, 1.165) is 6.54 Å². The fourth-order valence-electron chi connectivity index (χ4n) is 1.61. The Morgan fingerprint density at radius 2 is 2.33 bits per heavy atom. The number of nitrogens with zero attached hydrogens (tertiary/aromatic N) is 3. The van der Waals surface area contributed by atoms with E-state index in [9.17, 15) is 10.1 Å². The zero-order valence-corrected chi connectivity index (χ0v) is 10.2. The van der Waals surface area contributed by atoms with E-state index in [1.54, 1.807) is 17.0 Å². The number of nitro groups is 1. The molecule has 0 spiro atoms. The lowest BCUT2D eigenvalue weighted by atomic mass is 10.3. The van der Waals surface area contributed by atoms with E-state index >= 15 is 0 Å². The number of fused-ring (bicyclic) bond motifs is 1. The van der Waals surface area contributed by atoms with Crippen LogP contribution in [0.15, 0.2) is 22.6 Å². The minimum absolute atomic E-state index is 0.0375. The third kappa shape index (κ3) is 2.25. The summed E-state index contributed by atoms with van der Waals surface area (Å²) in [6.45, 7) is 1.48. The van der Waals surface area contributed by atoms with Crippen LogP contribution in [-0.2, 0) is 0 Å². The van der Waals surface area contributed by atoms with E-state index in [1.807, 2.05) is 14.1 Å². The van der Waals surface area contributed by atoms with Gasteiger partial charge in [-0.05, 0) is 13.1 Å². The molecule has 0 aliphatic rings. The molecule has 2 rings (SSSR count). The lowest BCUT2D eigenvalue weighted by molar-refractivity contribution is -0.383. The summed E-state index contributed by atoms with van der Waals surface area (Å²) in [6.07, 6.45) is 0. The predicted octanol–water partition coefficient (Wildman–Crippen LogP) is 1.39. The highest BCUT2D eigenvalue weighted by Crippen LogP contribution is 2.28. The van der Waals surface area contributed by atoms with Gasteiger partial charge in [0.15, 0.2) is 11.1 Å². The molecule has 0 aliphatic heterocycles. The fraction of sp³-hybridized carbons (Fsp3) is 0.364. The molecule has 2 aromatic rings. The molecule has 1 heterocycles. The molecule has 1 aromatic carbocycles. The molecular weight excluding hydrogens is 236 g/mol. The normalized spacial score (nSPS) is 10.8. The summed E-state index contributed by atoms with van der Waals surface area (Å²) in [7, 11) is 3.68. The Balaban J connectivity index is 2.38. The van der Waals surface area contributed by atoms with E-state index in [-0.39, 0.29) is 11.2 Å². The molecule has 7 nitrogen and oxygen atoms in total. The number of aromatic nitrogens is 1. The average molecular weight is 250 g/mol. The number of para-hydroxylation sites is 1. The average Bonchev–Trinajstić information content (AvgIpc) is 2.79. The zero-order chi connectivity index (χ0) is 13.1. The Labute approximate surface area is 104 Å². The van der Waals surface area contributed by atoms with Gasteiger partial charge < -0.3 is 14.6 Å². The third-order valence-corrected chi connectivity index (χ3v) is 2.61. The summed E-state index contributed by atoms with van der Waals surface area (Å²) >= 11 is 0. The Morgan fingerprint density at radius 3 is 3.00 bits per heavy atom. The molecule has 0 saturated carbocycles. The molecule has 96 valence electrons. The molecule has 0 unspecified atom stereocenters. The molecule has 0 fully saturated rings. The van der Waals surface area contributed by atoms with Gasteiger partial charge in [0.2, 0.25) is 0 Å². The molecule has 7 heteroatoms. The maximum Gasteiger partial charge on any atom is 0.298 e.